The number of esters is 1. The maximum absolute atomic E-state index is 12.4. The molecule has 10 nitrogen and oxygen atoms in total. The summed E-state index contributed by atoms with van der Waals surface area (Å²) in [5.41, 5.74) is 5.28. The number of hydrazine groups is 1. The Kier molecular flexibility index (Phi) is 7.69. The van der Waals surface area contributed by atoms with E-state index in [4.69, 9.17) is 9.47 Å². The Hall–Kier alpha value is -4.99. The summed E-state index contributed by atoms with van der Waals surface area (Å²) < 4.78 is 10.4. The minimum atomic E-state index is -0.716. The fourth-order valence-electron chi connectivity index (χ4n) is 2.73. The van der Waals surface area contributed by atoms with Gasteiger partial charge in [-0.05, 0) is 48.5 Å². The first-order valence-electron chi connectivity index (χ1n) is 9.85. The van der Waals surface area contributed by atoms with Gasteiger partial charge in [0.05, 0.1) is 17.6 Å². The minimum Gasteiger partial charge on any atom is -0.497 e. The molecule has 34 heavy (non-hydrogen) atoms. The van der Waals surface area contributed by atoms with E-state index < -0.39 is 22.7 Å². The lowest BCUT2D eigenvalue weighted by Crippen LogP contribution is -2.40. The third-order valence-electron chi connectivity index (χ3n) is 4.50. The predicted molar refractivity (Wildman–Crippen MR) is 122 cm³/mol. The molecule has 2 N–H and O–H groups in total. The molecule has 0 spiro atoms. The van der Waals surface area contributed by atoms with Crippen LogP contribution in [0.1, 0.15) is 26.3 Å². The highest BCUT2D eigenvalue weighted by molar-refractivity contribution is 5.98. The monoisotopic (exact) mass is 461 g/mol. The third-order valence-corrected chi connectivity index (χ3v) is 4.50. The Balaban J connectivity index is 1.60. The number of ether oxygens (including phenoxy) is 2. The van der Waals surface area contributed by atoms with Gasteiger partial charge in [-0.25, -0.2) is 4.79 Å². The van der Waals surface area contributed by atoms with Gasteiger partial charge in [0.15, 0.2) is 0 Å². The zero-order valence-electron chi connectivity index (χ0n) is 17.9. The first-order valence-corrected chi connectivity index (χ1v) is 9.85. The molecule has 3 rings (SSSR count). The van der Waals surface area contributed by atoms with Crippen LogP contribution in [0.5, 0.6) is 11.5 Å². The number of methoxy groups -OCH3 is 1. The smallest absolute Gasteiger partial charge is 0.343 e. The molecule has 0 aliphatic carbocycles. The van der Waals surface area contributed by atoms with Crippen molar-refractivity contribution in [3.05, 3.63) is 106 Å². The molecule has 3 aromatic carbocycles. The molecule has 0 heterocycles. The van der Waals surface area contributed by atoms with Gasteiger partial charge in [0, 0.05) is 29.3 Å². The van der Waals surface area contributed by atoms with E-state index in [-0.39, 0.29) is 17.0 Å². The summed E-state index contributed by atoms with van der Waals surface area (Å²) in [6.07, 6.45) is 2.57. The number of nitrogens with zero attached hydrogens (tertiary/aromatic N) is 1. The van der Waals surface area contributed by atoms with Crippen LogP contribution in [0.15, 0.2) is 78.9 Å². The van der Waals surface area contributed by atoms with Crippen molar-refractivity contribution >= 4 is 29.5 Å². The van der Waals surface area contributed by atoms with Gasteiger partial charge in [0.2, 0.25) is 0 Å². The second-order valence-corrected chi connectivity index (χ2v) is 6.74. The van der Waals surface area contributed by atoms with Gasteiger partial charge in [-0.15, -0.1) is 0 Å². The van der Waals surface area contributed by atoms with Gasteiger partial charge >= 0.3 is 5.97 Å². The van der Waals surface area contributed by atoms with Gasteiger partial charge in [-0.2, -0.15) is 0 Å². The SMILES string of the molecule is COc1ccc(C(=O)NNC(=O)/C=C/c2ccccc2OC(=O)c2ccc([N+](=O)[O-])cc2)cc1. The fourth-order valence-corrected chi connectivity index (χ4v) is 2.73. The highest BCUT2D eigenvalue weighted by Crippen LogP contribution is 2.21. The summed E-state index contributed by atoms with van der Waals surface area (Å²) in [7, 11) is 1.51. The van der Waals surface area contributed by atoms with E-state index in [2.05, 4.69) is 10.9 Å². The summed E-state index contributed by atoms with van der Waals surface area (Å²) in [5, 5.41) is 10.7. The second-order valence-electron chi connectivity index (χ2n) is 6.74. The second kappa shape index (κ2) is 11.0. The van der Waals surface area contributed by atoms with E-state index in [1.807, 2.05) is 0 Å². The first kappa shape index (κ1) is 23.7. The topological polar surface area (TPSA) is 137 Å². The van der Waals surface area contributed by atoms with Crippen molar-refractivity contribution in [2.75, 3.05) is 7.11 Å². The quantitative estimate of drug-likeness (QED) is 0.181. The fraction of sp³-hybridized carbons (Fsp3) is 0.0417. The molecule has 0 saturated carbocycles. The van der Waals surface area contributed by atoms with Crippen molar-refractivity contribution in [2.45, 2.75) is 0 Å². The van der Waals surface area contributed by atoms with Gasteiger partial charge < -0.3 is 9.47 Å². The first-order chi connectivity index (χ1) is 16.4. The van der Waals surface area contributed by atoms with E-state index in [0.29, 0.717) is 16.9 Å². The normalized spacial score (nSPS) is 10.4. The standard InChI is InChI=1S/C24H19N3O7/c1-33-20-13-8-17(9-14-20)23(29)26-25-22(28)15-10-16-4-2-3-5-21(16)34-24(30)18-6-11-19(12-7-18)27(31)32/h2-15H,1H3,(H,25,28)(H,26,29)/b15-10+. The Labute approximate surface area is 193 Å². The Morgan fingerprint density at radius 3 is 2.18 bits per heavy atom. The number of amides is 2. The number of nitro benzene ring substituents is 1. The highest BCUT2D eigenvalue weighted by atomic mass is 16.6. The maximum Gasteiger partial charge on any atom is 0.343 e. The Morgan fingerprint density at radius 2 is 1.53 bits per heavy atom. The number of nitro groups is 1. The predicted octanol–water partition coefficient (Wildman–Crippen LogP) is 3.30. The number of carbonyl (C=O) groups is 3. The van der Waals surface area contributed by atoms with Crippen molar-refractivity contribution in [2.24, 2.45) is 0 Å². The molecular formula is C24H19N3O7. The van der Waals surface area contributed by atoms with E-state index in [9.17, 15) is 24.5 Å². The zero-order chi connectivity index (χ0) is 24.5. The van der Waals surface area contributed by atoms with Crippen LogP contribution in [0, 0.1) is 10.1 Å². The molecular weight excluding hydrogens is 442 g/mol. The molecule has 172 valence electrons. The molecule has 0 aliphatic rings. The highest BCUT2D eigenvalue weighted by Gasteiger charge is 2.13. The number of para-hydroxylation sites is 1. The summed E-state index contributed by atoms with van der Waals surface area (Å²) in [6, 6.07) is 17.8. The summed E-state index contributed by atoms with van der Waals surface area (Å²) in [4.78, 5) is 46.8. The number of benzene rings is 3. The van der Waals surface area contributed by atoms with Gasteiger partial charge in [-0.1, -0.05) is 18.2 Å². The largest absolute Gasteiger partial charge is 0.497 e. The van der Waals surface area contributed by atoms with Crippen LogP contribution in [-0.4, -0.2) is 29.8 Å². The van der Waals surface area contributed by atoms with E-state index >= 15 is 0 Å². The molecule has 0 bridgehead atoms. The molecule has 0 aliphatic heterocycles. The molecule has 0 unspecified atom stereocenters. The van der Waals surface area contributed by atoms with Crippen LogP contribution in [0.4, 0.5) is 5.69 Å². The average molecular weight is 461 g/mol. The average Bonchev–Trinajstić information content (AvgIpc) is 2.86. The van der Waals surface area contributed by atoms with Crippen LogP contribution < -0.4 is 20.3 Å². The zero-order valence-corrected chi connectivity index (χ0v) is 17.9. The number of carbonyl (C=O) groups excluding carboxylic acids is 3. The van der Waals surface area contributed by atoms with E-state index in [0.717, 1.165) is 6.08 Å². The lowest BCUT2D eigenvalue weighted by Gasteiger charge is -2.08. The molecule has 0 aromatic heterocycles. The molecule has 0 fully saturated rings. The van der Waals surface area contributed by atoms with Crippen molar-refractivity contribution in [1.82, 2.24) is 10.9 Å². The van der Waals surface area contributed by atoms with E-state index in [1.54, 1.807) is 42.5 Å². The minimum absolute atomic E-state index is 0.128. The number of hydrogen-bond donors (Lipinski definition) is 2. The molecule has 10 heteroatoms. The van der Waals surface area contributed by atoms with Crippen molar-refractivity contribution in [1.29, 1.82) is 0 Å². The lowest BCUT2D eigenvalue weighted by atomic mass is 10.1. The Bertz CT molecular complexity index is 1240. The molecule has 0 atom stereocenters. The number of rotatable bonds is 7. The van der Waals surface area contributed by atoms with Gasteiger partial charge in [0.1, 0.15) is 11.5 Å². The van der Waals surface area contributed by atoms with E-state index in [1.165, 1.54) is 43.5 Å². The van der Waals surface area contributed by atoms with Crippen LogP contribution in [0.3, 0.4) is 0 Å². The maximum atomic E-state index is 12.4. The summed E-state index contributed by atoms with van der Waals surface area (Å²) in [6.45, 7) is 0. The van der Waals surface area contributed by atoms with Crippen LogP contribution in [-0.2, 0) is 4.79 Å². The molecule has 0 radical (unpaired) electrons. The van der Waals surface area contributed by atoms with Crippen LogP contribution in [0.2, 0.25) is 0 Å². The summed E-state index contributed by atoms with van der Waals surface area (Å²) >= 11 is 0. The third kappa shape index (κ3) is 6.26. The summed E-state index contributed by atoms with van der Waals surface area (Å²) in [5.74, 6) is -1.07. The van der Waals surface area contributed by atoms with Crippen molar-refractivity contribution in [3.63, 3.8) is 0 Å². The number of nitrogens with one attached hydrogen (secondary N) is 2. The molecule has 2 amide bonds. The Morgan fingerprint density at radius 1 is 0.882 bits per heavy atom. The number of hydrogen-bond acceptors (Lipinski definition) is 7. The van der Waals surface area contributed by atoms with Crippen molar-refractivity contribution < 1.29 is 28.8 Å². The van der Waals surface area contributed by atoms with Crippen LogP contribution >= 0.6 is 0 Å². The lowest BCUT2D eigenvalue weighted by molar-refractivity contribution is -0.384. The van der Waals surface area contributed by atoms with Crippen LogP contribution in [0.25, 0.3) is 6.08 Å². The van der Waals surface area contributed by atoms with Gasteiger partial charge in [-0.3, -0.25) is 30.6 Å². The van der Waals surface area contributed by atoms with Crippen molar-refractivity contribution in [3.8, 4) is 11.5 Å². The molecule has 3 aromatic rings. The van der Waals surface area contributed by atoms with Gasteiger partial charge in [0.25, 0.3) is 17.5 Å². The number of non-ortho nitro benzene ring substituents is 1. The molecule has 0 saturated heterocycles.